The maximum atomic E-state index is 12.4. The molecule has 0 radical (unpaired) electrons. The van der Waals surface area contributed by atoms with Gasteiger partial charge in [0, 0.05) is 12.1 Å². The molecule has 0 spiro atoms. The Kier molecular flexibility index (Phi) is 9.82. The molecule has 0 unspecified atom stereocenters. The van der Waals surface area contributed by atoms with Gasteiger partial charge in [-0.15, -0.1) is 0 Å². The smallest absolute Gasteiger partial charge is 0.348 e. The van der Waals surface area contributed by atoms with Gasteiger partial charge in [0.2, 0.25) is 0 Å². The molecule has 29 heavy (non-hydrogen) atoms. The normalized spacial score (nSPS) is 11.2. The van der Waals surface area contributed by atoms with Crippen LogP contribution >= 0.6 is 23.1 Å². The number of nitrogens with zero attached hydrogens (tertiary/aromatic N) is 1. The highest BCUT2D eigenvalue weighted by Crippen LogP contribution is 2.27. The third kappa shape index (κ3) is 8.16. The number of amides is 1. The van der Waals surface area contributed by atoms with E-state index in [9.17, 15) is 14.7 Å². The summed E-state index contributed by atoms with van der Waals surface area (Å²) in [7, 11) is 0. The molecule has 1 heterocycles. The van der Waals surface area contributed by atoms with Gasteiger partial charge in [0.15, 0.2) is 10.0 Å². The van der Waals surface area contributed by atoms with Gasteiger partial charge in [0.05, 0.1) is 5.54 Å². The number of nitrogens with one attached hydrogen (secondary N) is 2. The fraction of sp³-hybridized carbons (Fsp3) is 0.476. The topological polar surface area (TPSA) is 91.3 Å². The van der Waals surface area contributed by atoms with Gasteiger partial charge in [-0.2, -0.15) is 0 Å². The van der Waals surface area contributed by atoms with Gasteiger partial charge in [-0.3, -0.25) is 4.79 Å². The summed E-state index contributed by atoms with van der Waals surface area (Å²) in [5, 5.41) is 15.4. The van der Waals surface area contributed by atoms with Crippen LogP contribution in [0.15, 0.2) is 34.7 Å². The fourth-order valence-corrected chi connectivity index (χ4v) is 4.02. The lowest BCUT2D eigenvalue weighted by molar-refractivity contribution is 0.0694. The summed E-state index contributed by atoms with van der Waals surface area (Å²) in [5.41, 5.74) is 0.267. The Hall–Kier alpha value is -1.90. The van der Waals surface area contributed by atoms with E-state index in [1.54, 1.807) is 6.26 Å². The number of aromatic nitrogens is 1. The van der Waals surface area contributed by atoms with E-state index in [1.807, 2.05) is 44.2 Å². The van der Waals surface area contributed by atoms with Gasteiger partial charge in [0.25, 0.3) is 5.91 Å². The van der Waals surface area contributed by atoms with E-state index < -0.39 is 17.4 Å². The monoisotopic (exact) mass is 437 g/mol. The zero-order valence-electron chi connectivity index (χ0n) is 18.1. The van der Waals surface area contributed by atoms with E-state index in [2.05, 4.69) is 43.3 Å². The lowest BCUT2D eigenvalue weighted by Crippen LogP contribution is -2.41. The molecule has 8 heteroatoms. The van der Waals surface area contributed by atoms with Crippen molar-refractivity contribution in [3.05, 3.63) is 46.5 Å². The molecular formula is C21H31N3O3S2. The number of aromatic carboxylic acids is 1. The quantitative estimate of drug-likeness (QED) is 0.548. The molecule has 0 bridgehead atoms. The number of carbonyl (C=O) groups excluding carboxylic acids is 1. The SMILES string of the molecule is CC(C)NC(C)C.CSc1nc(C(=O)NC(C)(C)c2ccccc2)c(C(=O)O)s1. The second-order valence-electron chi connectivity index (χ2n) is 7.59. The summed E-state index contributed by atoms with van der Waals surface area (Å²) < 4.78 is 0.556. The van der Waals surface area contributed by atoms with Gasteiger partial charge in [-0.05, 0) is 25.7 Å². The maximum Gasteiger partial charge on any atom is 0.348 e. The number of rotatable bonds is 7. The van der Waals surface area contributed by atoms with Gasteiger partial charge in [-0.25, -0.2) is 9.78 Å². The van der Waals surface area contributed by atoms with E-state index in [0.29, 0.717) is 16.4 Å². The lowest BCUT2D eigenvalue weighted by atomic mass is 9.94. The van der Waals surface area contributed by atoms with Crippen LogP contribution in [0.3, 0.4) is 0 Å². The van der Waals surface area contributed by atoms with Crippen molar-refractivity contribution in [3.8, 4) is 0 Å². The number of thiazole rings is 1. The molecule has 0 atom stereocenters. The van der Waals surface area contributed by atoms with E-state index in [4.69, 9.17) is 0 Å². The van der Waals surface area contributed by atoms with Crippen molar-refractivity contribution < 1.29 is 14.7 Å². The second-order valence-corrected chi connectivity index (χ2v) is 9.64. The average molecular weight is 438 g/mol. The first-order chi connectivity index (χ1) is 13.5. The van der Waals surface area contributed by atoms with Crippen LogP contribution < -0.4 is 10.6 Å². The average Bonchev–Trinajstić information content (AvgIpc) is 3.06. The molecule has 0 aliphatic heterocycles. The van der Waals surface area contributed by atoms with Gasteiger partial charge in [-0.1, -0.05) is 81.1 Å². The molecular weight excluding hydrogens is 406 g/mol. The van der Waals surface area contributed by atoms with E-state index in [-0.39, 0.29) is 10.6 Å². The van der Waals surface area contributed by atoms with Crippen molar-refractivity contribution in [2.24, 2.45) is 0 Å². The molecule has 2 aromatic rings. The number of carbonyl (C=O) groups is 2. The molecule has 3 N–H and O–H groups in total. The Morgan fingerprint density at radius 2 is 1.66 bits per heavy atom. The molecule has 0 aliphatic rings. The second kappa shape index (κ2) is 11.3. The van der Waals surface area contributed by atoms with E-state index in [1.165, 1.54) is 11.8 Å². The van der Waals surface area contributed by atoms with Crippen LogP contribution in [-0.4, -0.2) is 40.3 Å². The van der Waals surface area contributed by atoms with Crippen molar-refractivity contribution in [3.63, 3.8) is 0 Å². The van der Waals surface area contributed by atoms with E-state index >= 15 is 0 Å². The summed E-state index contributed by atoms with van der Waals surface area (Å²) in [6, 6.07) is 10.7. The third-order valence-corrected chi connectivity index (χ3v) is 5.81. The summed E-state index contributed by atoms with van der Waals surface area (Å²) in [6.45, 7) is 12.3. The fourth-order valence-electron chi connectivity index (χ4n) is 2.62. The lowest BCUT2D eigenvalue weighted by Gasteiger charge is -2.26. The first kappa shape index (κ1) is 25.1. The molecule has 0 saturated carbocycles. The Balaban J connectivity index is 0.000000516. The molecule has 160 valence electrons. The van der Waals surface area contributed by atoms with Crippen molar-refractivity contribution in [1.29, 1.82) is 0 Å². The Morgan fingerprint density at radius 1 is 1.10 bits per heavy atom. The first-order valence-corrected chi connectivity index (χ1v) is 11.4. The maximum absolute atomic E-state index is 12.4. The largest absolute Gasteiger partial charge is 0.477 e. The summed E-state index contributed by atoms with van der Waals surface area (Å²) >= 11 is 2.33. The number of hydrogen-bond donors (Lipinski definition) is 3. The number of hydrogen-bond acceptors (Lipinski definition) is 6. The van der Waals surface area contributed by atoms with Crippen molar-refractivity contribution in [2.75, 3.05) is 6.26 Å². The molecule has 1 aromatic heterocycles. The van der Waals surface area contributed by atoms with Crippen molar-refractivity contribution in [2.45, 2.75) is 63.5 Å². The third-order valence-electron chi connectivity index (χ3n) is 3.78. The van der Waals surface area contributed by atoms with Crippen LogP contribution in [0.4, 0.5) is 0 Å². The molecule has 0 saturated heterocycles. The number of carboxylic acid groups (broad SMARTS) is 1. The minimum Gasteiger partial charge on any atom is -0.477 e. The Morgan fingerprint density at radius 3 is 2.07 bits per heavy atom. The Bertz CT molecular complexity index is 797. The van der Waals surface area contributed by atoms with Crippen LogP contribution in [0.5, 0.6) is 0 Å². The van der Waals surface area contributed by atoms with E-state index in [0.717, 1.165) is 16.9 Å². The summed E-state index contributed by atoms with van der Waals surface area (Å²) in [5.74, 6) is -1.62. The van der Waals surface area contributed by atoms with Crippen molar-refractivity contribution in [1.82, 2.24) is 15.6 Å². The number of carboxylic acids is 1. The number of benzene rings is 1. The van der Waals surface area contributed by atoms with Crippen LogP contribution in [-0.2, 0) is 5.54 Å². The minimum atomic E-state index is -1.14. The summed E-state index contributed by atoms with van der Waals surface area (Å²) in [6.07, 6.45) is 1.79. The molecule has 1 aromatic carbocycles. The Labute approximate surface area is 181 Å². The van der Waals surface area contributed by atoms with Crippen molar-refractivity contribution >= 4 is 35.0 Å². The van der Waals surface area contributed by atoms with Gasteiger partial charge < -0.3 is 15.7 Å². The standard InChI is InChI=1S/C15H16N2O3S2.C6H15N/c1-15(2,9-7-5-4-6-8-9)17-12(18)10-11(13(19)20)22-14(16-10)21-3;1-5(2)7-6(3)4/h4-8H,1-3H3,(H,17,18)(H,19,20);5-7H,1-4H3. The minimum absolute atomic E-state index is 0.0362. The van der Waals surface area contributed by atoms with Crippen LogP contribution in [0.25, 0.3) is 0 Å². The zero-order chi connectivity index (χ0) is 22.2. The first-order valence-electron chi connectivity index (χ1n) is 9.40. The van der Waals surface area contributed by atoms with Crippen LogP contribution in [0.2, 0.25) is 0 Å². The predicted molar refractivity (Wildman–Crippen MR) is 121 cm³/mol. The van der Waals surface area contributed by atoms with Crippen LogP contribution in [0, 0.1) is 0 Å². The molecule has 6 nitrogen and oxygen atoms in total. The summed E-state index contributed by atoms with van der Waals surface area (Å²) in [4.78, 5) is 27.8. The zero-order valence-corrected chi connectivity index (χ0v) is 19.7. The van der Waals surface area contributed by atoms with Gasteiger partial charge in [0.1, 0.15) is 4.88 Å². The van der Waals surface area contributed by atoms with Gasteiger partial charge >= 0.3 is 5.97 Å². The highest BCUT2D eigenvalue weighted by Gasteiger charge is 2.28. The molecule has 0 fully saturated rings. The highest BCUT2D eigenvalue weighted by atomic mass is 32.2. The predicted octanol–water partition coefficient (Wildman–Crippen LogP) is 4.62. The molecule has 0 aliphatic carbocycles. The van der Waals surface area contributed by atoms with Crippen LogP contribution in [0.1, 0.15) is 67.3 Å². The molecule has 2 rings (SSSR count). The highest BCUT2D eigenvalue weighted by molar-refractivity contribution is 8.00. The number of thioether (sulfide) groups is 1. The molecule has 1 amide bonds.